The topological polar surface area (TPSA) is 88.9 Å². The lowest BCUT2D eigenvalue weighted by atomic mass is 10.2. The molecule has 0 fully saturated rings. The van der Waals surface area contributed by atoms with Crippen molar-refractivity contribution in [1.29, 1.82) is 0 Å². The Labute approximate surface area is 198 Å². The summed E-state index contributed by atoms with van der Waals surface area (Å²) in [5, 5.41) is 15.3. The fourth-order valence-corrected chi connectivity index (χ4v) is 4.10. The number of benzene rings is 2. The summed E-state index contributed by atoms with van der Waals surface area (Å²) in [6.45, 7) is 4.43. The molecule has 10 heteroatoms. The summed E-state index contributed by atoms with van der Waals surface area (Å²) in [5.41, 5.74) is 1.20. The van der Waals surface area contributed by atoms with Crippen molar-refractivity contribution in [3.63, 3.8) is 0 Å². The highest BCUT2D eigenvalue weighted by atomic mass is 79.9. The molecule has 1 heterocycles. The van der Waals surface area contributed by atoms with Gasteiger partial charge in [0.1, 0.15) is 0 Å². The van der Waals surface area contributed by atoms with Gasteiger partial charge in [-0.2, -0.15) is 0 Å². The van der Waals surface area contributed by atoms with Crippen molar-refractivity contribution in [2.75, 3.05) is 11.1 Å². The standard InChI is InChI=1S/C21H21BrClN5O2S/c1-3-28-19(13(2)24-20(30)14-7-5-4-6-8-14)26-27-21(28)31-12-18(29)25-15-9-10-16(22)17(23)11-15/h4-11,13H,3,12H2,1-2H3,(H,24,30)(H,25,29)/t13-/m1/s1. The quantitative estimate of drug-likeness (QED) is 0.409. The second kappa shape index (κ2) is 10.8. The molecule has 3 aromatic rings. The van der Waals surface area contributed by atoms with E-state index in [4.69, 9.17) is 11.6 Å². The number of hydrogen-bond donors (Lipinski definition) is 2. The van der Waals surface area contributed by atoms with Gasteiger partial charge in [0, 0.05) is 22.3 Å². The predicted octanol–water partition coefficient (Wildman–Crippen LogP) is 4.94. The number of thioether (sulfide) groups is 1. The number of rotatable bonds is 8. The second-order valence-electron chi connectivity index (χ2n) is 6.61. The molecule has 7 nitrogen and oxygen atoms in total. The number of aromatic nitrogens is 3. The highest BCUT2D eigenvalue weighted by Gasteiger charge is 2.20. The largest absolute Gasteiger partial charge is 0.342 e. The molecule has 0 spiro atoms. The molecule has 0 unspecified atom stereocenters. The summed E-state index contributed by atoms with van der Waals surface area (Å²) in [6.07, 6.45) is 0. The molecule has 0 saturated carbocycles. The molecule has 0 bridgehead atoms. The van der Waals surface area contributed by atoms with Crippen LogP contribution in [0.4, 0.5) is 5.69 Å². The highest BCUT2D eigenvalue weighted by Crippen LogP contribution is 2.26. The van der Waals surface area contributed by atoms with Gasteiger partial charge in [0.2, 0.25) is 5.91 Å². The maximum atomic E-state index is 12.4. The van der Waals surface area contributed by atoms with Gasteiger partial charge in [-0.1, -0.05) is 41.6 Å². The summed E-state index contributed by atoms with van der Waals surface area (Å²) in [6, 6.07) is 13.9. The highest BCUT2D eigenvalue weighted by molar-refractivity contribution is 9.10. The van der Waals surface area contributed by atoms with Gasteiger partial charge in [-0.05, 0) is 60.1 Å². The van der Waals surface area contributed by atoms with Gasteiger partial charge in [-0.15, -0.1) is 10.2 Å². The first-order valence-electron chi connectivity index (χ1n) is 9.55. The molecule has 1 atom stereocenters. The van der Waals surface area contributed by atoms with E-state index in [1.165, 1.54) is 11.8 Å². The van der Waals surface area contributed by atoms with Crippen LogP contribution >= 0.6 is 39.3 Å². The number of amides is 2. The van der Waals surface area contributed by atoms with Crippen molar-refractivity contribution >= 4 is 56.8 Å². The van der Waals surface area contributed by atoms with E-state index in [1.807, 2.05) is 36.6 Å². The van der Waals surface area contributed by atoms with Crippen LogP contribution in [-0.2, 0) is 11.3 Å². The maximum absolute atomic E-state index is 12.4. The van der Waals surface area contributed by atoms with Crippen molar-refractivity contribution in [3.8, 4) is 0 Å². The Morgan fingerprint density at radius 3 is 2.61 bits per heavy atom. The van der Waals surface area contributed by atoms with Crippen molar-refractivity contribution < 1.29 is 9.59 Å². The Balaban J connectivity index is 1.62. The third kappa shape index (κ3) is 6.09. The van der Waals surface area contributed by atoms with E-state index in [-0.39, 0.29) is 23.6 Å². The molecule has 162 valence electrons. The van der Waals surface area contributed by atoms with Crippen LogP contribution in [0.25, 0.3) is 0 Å². The minimum absolute atomic E-state index is 0.163. The SMILES string of the molecule is CCn1c(SCC(=O)Nc2ccc(Br)c(Cl)c2)nnc1[C@@H](C)NC(=O)c1ccccc1. The second-order valence-corrected chi connectivity index (χ2v) is 8.82. The summed E-state index contributed by atoms with van der Waals surface area (Å²) >= 11 is 10.7. The van der Waals surface area contributed by atoms with Crippen molar-refractivity contribution in [2.24, 2.45) is 0 Å². The first kappa shape index (κ1) is 23.3. The molecule has 2 amide bonds. The summed E-state index contributed by atoms with van der Waals surface area (Å²) < 4.78 is 2.66. The minimum Gasteiger partial charge on any atom is -0.342 e. The third-order valence-electron chi connectivity index (χ3n) is 4.37. The van der Waals surface area contributed by atoms with Crippen LogP contribution < -0.4 is 10.6 Å². The van der Waals surface area contributed by atoms with Crippen LogP contribution in [-0.4, -0.2) is 32.3 Å². The van der Waals surface area contributed by atoms with Gasteiger partial charge < -0.3 is 15.2 Å². The van der Waals surface area contributed by atoms with Crippen LogP contribution in [0.3, 0.4) is 0 Å². The Morgan fingerprint density at radius 2 is 1.94 bits per heavy atom. The van der Waals surface area contributed by atoms with Crippen LogP contribution in [0.5, 0.6) is 0 Å². The number of hydrogen-bond acceptors (Lipinski definition) is 5. The van der Waals surface area contributed by atoms with Crippen molar-refractivity contribution in [2.45, 2.75) is 31.6 Å². The lowest BCUT2D eigenvalue weighted by molar-refractivity contribution is -0.113. The van der Waals surface area contributed by atoms with Crippen LogP contribution in [0.1, 0.15) is 36.1 Å². The number of nitrogens with one attached hydrogen (secondary N) is 2. The average Bonchev–Trinajstić information content (AvgIpc) is 3.18. The lowest BCUT2D eigenvalue weighted by Gasteiger charge is -2.15. The van der Waals surface area contributed by atoms with E-state index in [0.29, 0.717) is 33.8 Å². The maximum Gasteiger partial charge on any atom is 0.251 e. The van der Waals surface area contributed by atoms with E-state index in [9.17, 15) is 9.59 Å². The Hall–Kier alpha value is -2.36. The smallest absolute Gasteiger partial charge is 0.251 e. The minimum atomic E-state index is -0.340. The molecular formula is C21H21BrClN5O2S. The lowest BCUT2D eigenvalue weighted by Crippen LogP contribution is -2.28. The molecule has 0 aliphatic rings. The monoisotopic (exact) mass is 521 g/mol. The van der Waals surface area contributed by atoms with E-state index < -0.39 is 0 Å². The van der Waals surface area contributed by atoms with Gasteiger partial charge in [0.25, 0.3) is 5.91 Å². The average molecular weight is 523 g/mol. The van der Waals surface area contributed by atoms with E-state index in [1.54, 1.807) is 30.3 Å². The van der Waals surface area contributed by atoms with E-state index in [2.05, 4.69) is 36.8 Å². The van der Waals surface area contributed by atoms with E-state index in [0.717, 1.165) is 4.47 Å². The molecule has 2 N–H and O–H groups in total. The van der Waals surface area contributed by atoms with Crippen LogP contribution in [0.15, 0.2) is 58.2 Å². The number of carbonyl (C=O) groups is 2. The molecule has 0 saturated heterocycles. The first-order chi connectivity index (χ1) is 14.9. The number of halogens is 2. The zero-order valence-electron chi connectivity index (χ0n) is 16.9. The summed E-state index contributed by atoms with van der Waals surface area (Å²) in [5.74, 6) is 0.437. The number of anilines is 1. The third-order valence-corrected chi connectivity index (χ3v) is 6.57. The molecule has 0 radical (unpaired) electrons. The Kier molecular flexibility index (Phi) is 8.11. The van der Waals surface area contributed by atoms with Crippen molar-refractivity contribution in [1.82, 2.24) is 20.1 Å². The number of nitrogens with zero attached hydrogens (tertiary/aromatic N) is 3. The Morgan fingerprint density at radius 1 is 1.19 bits per heavy atom. The van der Waals surface area contributed by atoms with Crippen molar-refractivity contribution in [3.05, 3.63) is 69.4 Å². The predicted molar refractivity (Wildman–Crippen MR) is 127 cm³/mol. The Bertz CT molecular complexity index is 1080. The van der Waals surface area contributed by atoms with Crippen LogP contribution in [0, 0.1) is 0 Å². The van der Waals surface area contributed by atoms with Gasteiger partial charge in [-0.3, -0.25) is 9.59 Å². The van der Waals surface area contributed by atoms with Gasteiger partial charge in [-0.25, -0.2) is 0 Å². The molecule has 31 heavy (non-hydrogen) atoms. The fourth-order valence-electron chi connectivity index (χ4n) is 2.86. The van der Waals surface area contributed by atoms with Gasteiger partial charge in [0.15, 0.2) is 11.0 Å². The zero-order chi connectivity index (χ0) is 22.4. The molecule has 3 rings (SSSR count). The first-order valence-corrected chi connectivity index (χ1v) is 11.7. The molecular weight excluding hydrogens is 502 g/mol. The van der Waals surface area contributed by atoms with Crippen LogP contribution in [0.2, 0.25) is 5.02 Å². The molecule has 2 aromatic carbocycles. The molecule has 0 aliphatic heterocycles. The molecule has 0 aliphatic carbocycles. The van der Waals surface area contributed by atoms with E-state index >= 15 is 0 Å². The summed E-state index contributed by atoms with van der Waals surface area (Å²) in [4.78, 5) is 24.8. The molecule has 1 aromatic heterocycles. The summed E-state index contributed by atoms with van der Waals surface area (Å²) in [7, 11) is 0. The van der Waals surface area contributed by atoms with Gasteiger partial charge >= 0.3 is 0 Å². The fraction of sp³-hybridized carbons (Fsp3) is 0.238. The number of carbonyl (C=O) groups excluding carboxylic acids is 2. The van der Waals surface area contributed by atoms with Gasteiger partial charge in [0.05, 0.1) is 16.8 Å². The zero-order valence-corrected chi connectivity index (χ0v) is 20.1. The normalized spacial score (nSPS) is 11.7.